The summed E-state index contributed by atoms with van der Waals surface area (Å²) in [5.74, 6) is 0. The van der Waals surface area contributed by atoms with Crippen LogP contribution in [0.4, 0.5) is 0 Å². The Balaban J connectivity index is 2.25. The van der Waals surface area contributed by atoms with Crippen LogP contribution in [0.15, 0.2) is 24.3 Å². The minimum atomic E-state index is -0.156. The van der Waals surface area contributed by atoms with Gasteiger partial charge in [0.05, 0.1) is 11.7 Å². The van der Waals surface area contributed by atoms with Crippen molar-refractivity contribution in [3.8, 4) is 6.07 Å². The van der Waals surface area contributed by atoms with Crippen LogP contribution in [0.5, 0.6) is 0 Å². The smallest absolute Gasteiger partial charge is 0.0632 e. The quantitative estimate of drug-likeness (QED) is 0.822. The summed E-state index contributed by atoms with van der Waals surface area (Å²) in [5.41, 5.74) is 0.967. The number of nitrogens with zero attached hydrogens (tertiary/aromatic N) is 1. The highest BCUT2D eigenvalue weighted by atomic mass is 35.5. The molecule has 0 aliphatic carbocycles. The molecule has 3 heteroatoms. The van der Waals surface area contributed by atoms with Crippen molar-refractivity contribution in [2.24, 2.45) is 5.41 Å². The largest absolute Gasteiger partial charge is 0.376 e. The molecule has 0 spiro atoms. The monoisotopic (exact) mass is 277 g/mol. The van der Waals surface area contributed by atoms with Crippen molar-refractivity contribution in [1.29, 1.82) is 5.26 Å². The standard InChI is InChI=1S/C16H20ClNO/c1-15(2)12-16(7-9-18,8-10-19-15)11-13-5-3-4-6-14(13)17/h3-6H,7-8,10-12H2,1-2H3. The van der Waals surface area contributed by atoms with Gasteiger partial charge in [-0.15, -0.1) is 0 Å². The van der Waals surface area contributed by atoms with Crippen molar-refractivity contribution in [3.63, 3.8) is 0 Å². The molecule has 1 unspecified atom stereocenters. The highest BCUT2D eigenvalue weighted by Crippen LogP contribution is 2.44. The van der Waals surface area contributed by atoms with Crippen LogP contribution in [0.3, 0.4) is 0 Å². The molecule has 1 heterocycles. The number of halogens is 1. The third-order valence-corrected chi connectivity index (χ3v) is 4.27. The molecule has 0 N–H and O–H groups in total. The fourth-order valence-corrected chi connectivity index (χ4v) is 3.37. The Kier molecular flexibility index (Phi) is 4.18. The van der Waals surface area contributed by atoms with Crippen LogP contribution in [-0.4, -0.2) is 12.2 Å². The Labute approximate surface area is 120 Å². The highest BCUT2D eigenvalue weighted by molar-refractivity contribution is 6.31. The lowest BCUT2D eigenvalue weighted by Crippen LogP contribution is -2.42. The number of rotatable bonds is 3. The van der Waals surface area contributed by atoms with Gasteiger partial charge in [-0.1, -0.05) is 29.8 Å². The summed E-state index contributed by atoms with van der Waals surface area (Å²) in [6, 6.07) is 10.3. The molecule has 19 heavy (non-hydrogen) atoms. The van der Waals surface area contributed by atoms with Gasteiger partial charge in [-0.2, -0.15) is 5.26 Å². The normalized spacial score (nSPS) is 25.8. The molecule has 0 bridgehead atoms. The Morgan fingerprint density at radius 1 is 1.37 bits per heavy atom. The first-order chi connectivity index (χ1) is 8.96. The zero-order chi connectivity index (χ0) is 13.9. The summed E-state index contributed by atoms with van der Waals surface area (Å²) in [5, 5.41) is 9.97. The molecule has 1 atom stereocenters. The van der Waals surface area contributed by atoms with Gasteiger partial charge in [0, 0.05) is 18.1 Å². The lowest BCUT2D eigenvalue weighted by molar-refractivity contribution is -0.103. The fourth-order valence-electron chi connectivity index (χ4n) is 3.16. The Hall–Kier alpha value is -1.04. The van der Waals surface area contributed by atoms with E-state index in [-0.39, 0.29) is 11.0 Å². The molecule has 0 aromatic heterocycles. The minimum Gasteiger partial charge on any atom is -0.376 e. The molecule has 1 aliphatic heterocycles. The van der Waals surface area contributed by atoms with E-state index in [1.165, 1.54) is 0 Å². The maximum absolute atomic E-state index is 9.18. The molecule has 0 radical (unpaired) electrons. The SMILES string of the molecule is CC1(C)CC(CC#N)(Cc2ccccc2Cl)CCO1. The molecule has 2 nitrogen and oxygen atoms in total. The summed E-state index contributed by atoms with van der Waals surface area (Å²) in [6.45, 7) is 4.93. The first-order valence-electron chi connectivity index (χ1n) is 6.71. The number of hydrogen-bond acceptors (Lipinski definition) is 2. The van der Waals surface area contributed by atoms with Gasteiger partial charge in [0.2, 0.25) is 0 Å². The van der Waals surface area contributed by atoms with Gasteiger partial charge in [-0.05, 0) is 50.2 Å². The van der Waals surface area contributed by atoms with Gasteiger partial charge >= 0.3 is 0 Å². The zero-order valence-corrected chi connectivity index (χ0v) is 12.3. The number of hydrogen-bond donors (Lipinski definition) is 0. The minimum absolute atomic E-state index is 0.0124. The van der Waals surface area contributed by atoms with Crippen molar-refractivity contribution in [2.75, 3.05) is 6.61 Å². The topological polar surface area (TPSA) is 33.0 Å². The van der Waals surface area contributed by atoms with Gasteiger partial charge in [0.1, 0.15) is 0 Å². The van der Waals surface area contributed by atoms with Gasteiger partial charge in [-0.3, -0.25) is 0 Å². The average Bonchev–Trinajstić information content (AvgIpc) is 2.31. The van der Waals surface area contributed by atoms with E-state index >= 15 is 0 Å². The van der Waals surface area contributed by atoms with E-state index in [0.29, 0.717) is 6.42 Å². The summed E-state index contributed by atoms with van der Waals surface area (Å²) >= 11 is 6.26. The van der Waals surface area contributed by atoms with Crippen molar-refractivity contribution < 1.29 is 4.74 Å². The van der Waals surface area contributed by atoms with Crippen LogP contribution in [0.2, 0.25) is 5.02 Å². The van der Waals surface area contributed by atoms with Crippen molar-refractivity contribution in [3.05, 3.63) is 34.9 Å². The molecule has 1 aliphatic rings. The van der Waals surface area contributed by atoms with Crippen LogP contribution >= 0.6 is 11.6 Å². The first-order valence-corrected chi connectivity index (χ1v) is 7.09. The van der Waals surface area contributed by atoms with Gasteiger partial charge in [0.15, 0.2) is 0 Å². The maximum atomic E-state index is 9.18. The van der Waals surface area contributed by atoms with Gasteiger partial charge in [-0.25, -0.2) is 0 Å². The lowest BCUT2D eigenvalue weighted by Gasteiger charge is -2.44. The third-order valence-electron chi connectivity index (χ3n) is 3.90. The first kappa shape index (κ1) is 14.4. The summed E-state index contributed by atoms with van der Waals surface area (Å²) < 4.78 is 5.79. The van der Waals surface area contributed by atoms with Crippen molar-refractivity contribution >= 4 is 11.6 Å². The number of nitriles is 1. The zero-order valence-electron chi connectivity index (χ0n) is 11.6. The Morgan fingerprint density at radius 3 is 2.74 bits per heavy atom. The van der Waals surface area contributed by atoms with E-state index < -0.39 is 0 Å². The van der Waals surface area contributed by atoms with Crippen molar-refractivity contribution in [1.82, 2.24) is 0 Å². The molecule has 0 saturated carbocycles. The molecule has 102 valence electrons. The van der Waals surface area contributed by atoms with Crippen LogP contribution < -0.4 is 0 Å². The van der Waals surface area contributed by atoms with E-state index in [4.69, 9.17) is 16.3 Å². The second kappa shape index (κ2) is 5.53. The fraction of sp³-hybridized carbons (Fsp3) is 0.562. The van der Waals surface area contributed by atoms with Crippen LogP contribution in [0.25, 0.3) is 0 Å². The van der Waals surface area contributed by atoms with Gasteiger partial charge < -0.3 is 4.74 Å². The van der Waals surface area contributed by atoms with E-state index in [1.807, 2.05) is 18.2 Å². The molecule has 1 aromatic rings. The molecule has 2 rings (SSSR count). The molecule has 0 amide bonds. The molecular weight excluding hydrogens is 258 g/mol. The second-order valence-corrected chi connectivity index (χ2v) is 6.55. The number of benzene rings is 1. The van der Waals surface area contributed by atoms with Crippen LogP contribution in [-0.2, 0) is 11.2 Å². The van der Waals surface area contributed by atoms with E-state index in [9.17, 15) is 5.26 Å². The Bertz CT molecular complexity index is 492. The molecule has 1 aromatic carbocycles. The Morgan fingerprint density at radius 2 is 2.11 bits per heavy atom. The molecule has 1 fully saturated rings. The van der Waals surface area contributed by atoms with Gasteiger partial charge in [0.25, 0.3) is 0 Å². The lowest BCUT2D eigenvalue weighted by atomic mass is 9.68. The van der Waals surface area contributed by atoms with Crippen molar-refractivity contribution in [2.45, 2.75) is 45.1 Å². The van der Waals surface area contributed by atoms with Crippen LogP contribution in [0.1, 0.15) is 38.7 Å². The third kappa shape index (κ3) is 3.49. The summed E-state index contributed by atoms with van der Waals surface area (Å²) in [7, 11) is 0. The second-order valence-electron chi connectivity index (χ2n) is 6.14. The summed E-state index contributed by atoms with van der Waals surface area (Å²) in [4.78, 5) is 0. The van der Waals surface area contributed by atoms with E-state index in [1.54, 1.807) is 0 Å². The maximum Gasteiger partial charge on any atom is 0.0632 e. The van der Waals surface area contributed by atoms with Crippen LogP contribution in [0, 0.1) is 16.7 Å². The predicted molar refractivity (Wildman–Crippen MR) is 77.1 cm³/mol. The summed E-state index contributed by atoms with van der Waals surface area (Å²) in [6.07, 6.45) is 3.24. The van der Waals surface area contributed by atoms with E-state index in [2.05, 4.69) is 26.0 Å². The number of ether oxygens (including phenoxy) is 1. The van der Waals surface area contributed by atoms with E-state index in [0.717, 1.165) is 36.5 Å². The highest BCUT2D eigenvalue weighted by Gasteiger charge is 2.41. The average molecular weight is 278 g/mol. The molecular formula is C16H20ClNO. The molecule has 1 saturated heterocycles. The predicted octanol–water partition coefficient (Wildman–Crippen LogP) is 4.37.